The molecule has 1 saturated heterocycles. The monoisotopic (exact) mass is 246 g/mol. The van der Waals surface area contributed by atoms with E-state index in [9.17, 15) is 4.79 Å². The molecule has 1 aliphatic heterocycles. The van der Waals surface area contributed by atoms with Crippen LogP contribution in [0.2, 0.25) is 0 Å². The van der Waals surface area contributed by atoms with E-state index in [1.807, 2.05) is 0 Å². The summed E-state index contributed by atoms with van der Waals surface area (Å²) in [7, 11) is 0. The number of carbonyl (C=O) groups is 1. The van der Waals surface area contributed by atoms with Gasteiger partial charge in [0.05, 0.1) is 19.3 Å². The average Bonchev–Trinajstić information content (AvgIpc) is 2.82. The van der Waals surface area contributed by atoms with Crippen LogP contribution in [0.4, 0.5) is 0 Å². The quantitative estimate of drug-likeness (QED) is 0.478. The van der Waals surface area contributed by atoms with Gasteiger partial charge >= 0.3 is 0 Å². The molecule has 0 spiro atoms. The molecule has 17 heavy (non-hydrogen) atoms. The molecule has 6 heteroatoms. The van der Waals surface area contributed by atoms with E-state index in [1.54, 1.807) is 0 Å². The lowest BCUT2D eigenvalue weighted by molar-refractivity contribution is -0.131. The van der Waals surface area contributed by atoms with Crippen LogP contribution >= 0.6 is 0 Å². The van der Waals surface area contributed by atoms with Crippen LogP contribution in [0, 0.1) is 0 Å². The second-order valence-electron chi connectivity index (χ2n) is 4.04. The fourth-order valence-electron chi connectivity index (χ4n) is 1.74. The third kappa shape index (κ3) is 5.45. The molecule has 1 fully saturated rings. The summed E-state index contributed by atoms with van der Waals surface area (Å²) in [5.74, 6) is -0.0666. The van der Waals surface area contributed by atoms with E-state index in [0.29, 0.717) is 26.3 Å². The van der Waals surface area contributed by atoms with Crippen LogP contribution in [0.5, 0.6) is 0 Å². The molecule has 1 rings (SSSR count). The molecule has 6 nitrogen and oxygen atoms in total. The van der Waals surface area contributed by atoms with E-state index in [-0.39, 0.29) is 24.7 Å². The van der Waals surface area contributed by atoms with E-state index >= 15 is 0 Å². The van der Waals surface area contributed by atoms with Crippen molar-refractivity contribution >= 4 is 5.91 Å². The van der Waals surface area contributed by atoms with Crippen molar-refractivity contribution in [2.75, 3.05) is 32.9 Å². The van der Waals surface area contributed by atoms with Crippen molar-refractivity contribution in [3.05, 3.63) is 0 Å². The first-order valence-electron chi connectivity index (χ1n) is 6.09. The molecule has 0 aliphatic carbocycles. The number of aliphatic hydroxyl groups excluding tert-OH is 1. The number of hydrogen-bond acceptors (Lipinski definition) is 5. The van der Waals surface area contributed by atoms with Gasteiger partial charge in [0.15, 0.2) is 0 Å². The molecule has 0 aromatic rings. The molecule has 0 radical (unpaired) electrons. The van der Waals surface area contributed by atoms with Crippen molar-refractivity contribution in [1.29, 1.82) is 0 Å². The Kier molecular flexibility index (Phi) is 7.11. The fraction of sp³-hybridized carbons (Fsp3) is 0.909. The lowest BCUT2D eigenvalue weighted by atomic mass is 10.2. The first-order chi connectivity index (χ1) is 8.27. The number of amides is 1. The van der Waals surface area contributed by atoms with E-state index in [1.165, 1.54) is 0 Å². The van der Waals surface area contributed by atoms with Crippen LogP contribution in [0.15, 0.2) is 0 Å². The van der Waals surface area contributed by atoms with Gasteiger partial charge in [0.2, 0.25) is 5.91 Å². The smallest absolute Gasteiger partial charge is 0.249 e. The zero-order chi connectivity index (χ0) is 12.5. The number of carbonyl (C=O) groups excluding carboxylic acids is 1. The summed E-state index contributed by atoms with van der Waals surface area (Å²) >= 11 is 0. The predicted octanol–water partition coefficient (Wildman–Crippen LogP) is -0.992. The second-order valence-corrected chi connectivity index (χ2v) is 4.04. The summed E-state index contributed by atoms with van der Waals surface area (Å²) in [6, 6.07) is 0. The number of ether oxygens (including phenoxy) is 2. The molecule has 1 heterocycles. The summed E-state index contributed by atoms with van der Waals surface area (Å²) in [6.45, 7) is 1.95. The molecule has 0 aromatic heterocycles. The maximum absolute atomic E-state index is 11.6. The molecule has 1 aliphatic rings. The average molecular weight is 246 g/mol. The summed E-state index contributed by atoms with van der Waals surface area (Å²) in [4.78, 5) is 11.6. The molecular formula is C11H22N2O4. The maximum atomic E-state index is 11.6. The maximum Gasteiger partial charge on any atom is 0.249 e. The normalized spacial score (nSPS) is 23.9. The van der Waals surface area contributed by atoms with Crippen molar-refractivity contribution in [2.24, 2.45) is 5.73 Å². The number of nitrogens with one attached hydrogen (secondary N) is 1. The standard InChI is InChI=1S/C11H22N2O4/c12-8-9-2-3-10(17-9)11(15)13-4-1-6-16-7-5-14/h9-10,14H,1-8,12H2,(H,13,15). The summed E-state index contributed by atoms with van der Waals surface area (Å²) in [5.41, 5.74) is 5.47. The van der Waals surface area contributed by atoms with E-state index in [0.717, 1.165) is 19.3 Å². The molecule has 2 unspecified atom stereocenters. The molecular weight excluding hydrogens is 224 g/mol. The Hall–Kier alpha value is -0.690. The van der Waals surface area contributed by atoms with E-state index in [2.05, 4.69) is 5.32 Å². The van der Waals surface area contributed by atoms with Crippen molar-refractivity contribution in [3.8, 4) is 0 Å². The lowest BCUT2D eigenvalue weighted by Crippen LogP contribution is -2.36. The van der Waals surface area contributed by atoms with Gasteiger partial charge in [0.1, 0.15) is 6.10 Å². The highest BCUT2D eigenvalue weighted by atomic mass is 16.5. The second kappa shape index (κ2) is 8.41. The minimum atomic E-state index is -0.345. The Labute approximate surface area is 101 Å². The first-order valence-corrected chi connectivity index (χ1v) is 6.09. The van der Waals surface area contributed by atoms with Crippen LogP contribution in [0.3, 0.4) is 0 Å². The third-order valence-electron chi connectivity index (χ3n) is 2.66. The molecule has 0 bridgehead atoms. The van der Waals surface area contributed by atoms with Crippen LogP contribution in [0.25, 0.3) is 0 Å². The Balaban J connectivity index is 2.01. The third-order valence-corrected chi connectivity index (χ3v) is 2.66. The lowest BCUT2D eigenvalue weighted by Gasteiger charge is -2.12. The van der Waals surface area contributed by atoms with Crippen LogP contribution < -0.4 is 11.1 Å². The van der Waals surface area contributed by atoms with Crippen LogP contribution in [-0.4, -0.2) is 56.1 Å². The van der Waals surface area contributed by atoms with Crippen molar-refractivity contribution < 1.29 is 19.4 Å². The topological polar surface area (TPSA) is 93.8 Å². The number of aliphatic hydroxyl groups is 1. The van der Waals surface area contributed by atoms with E-state index < -0.39 is 0 Å². The van der Waals surface area contributed by atoms with Crippen molar-refractivity contribution in [2.45, 2.75) is 31.5 Å². The van der Waals surface area contributed by atoms with Crippen LogP contribution in [-0.2, 0) is 14.3 Å². The minimum Gasteiger partial charge on any atom is -0.394 e. The Bertz CT molecular complexity index is 226. The Morgan fingerprint density at radius 3 is 2.94 bits per heavy atom. The number of hydrogen-bond donors (Lipinski definition) is 3. The molecule has 100 valence electrons. The van der Waals surface area contributed by atoms with Gasteiger partial charge in [-0.3, -0.25) is 4.79 Å². The number of rotatable bonds is 8. The van der Waals surface area contributed by atoms with Gasteiger partial charge in [-0.05, 0) is 19.3 Å². The summed E-state index contributed by atoms with van der Waals surface area (Å²) in [6.07, 6.45) is 2.02. The Morgan fingerprint density at radius 2 is 2.29 bits per heavy atom. The predicted molar refractivity (Wildman–Crippen MR) is 62.5 cm³/mol. The highest BCUT2D eigenvalue weighted by Gasteiger charge is 2.29. The molecule has 1 amide bonds. The Morgan fingerprint density at radius 1 is 1.47 bits per heavy atom. The van der Waals surface area contributed by atoms with E-state index in [4.69, 9.17) is 20.3 Å². The van der Waals surface area contributed by atoms with Gasteiger partial charge in [0.25, 0.3) is 0 Å². The zero-order valence-electron chi connectivity index (χ0n) is 10.1. The molecule has 0 saturated carbocycles. The van der Waals surface area contributed by atoms with Crippen LogP contribution in [0.1, 0.15) is 19.3 Å². The SMILES string of the molecule is NCC1CCC(C(=O)NCCCOCCO)O1. The van der Waals surface area contributed by atoms with Gasteiger partial charge in [-0.15, -0.1) is 0 Å². The first kappa shape index (κ1) is 14.4. The van der Waals surface area contributed by atoms with Crippen molar-refractivity contribution in [1.82, 2.24) is 5.32 Å². The molecule has 4 N–H and O–H groups in total. The van der Waals surface area contributed by atoms with Gasteiger partial charge in [-0.25, -0.2) is 0 Å². The minimum absolute atomic E-state index is 0.0265. The van der Waals surface area contributed by atoms with Gasteiger partial charge in [0, 0.05) is 19.7 Å². The fourth-order valence-corrected chi connectivity index (χ4v) is 1.74. The summed E-state index contributed by atoms with van der Waals surface area (Å²) < 4.78 is 10.5. The van der Waals surface area contributed by atoms with Gasteiger partial charge in [-0.2, -0.15) is 0 Å². The van der Waals surface area contributed by atoms with Gasteiger partial charge < -0.3 is 25.6 Å². The zero-order valence-corrected chi connectivity index (χ0v) is 10.1. The number of nitrogens with two attached hydrogens (primary N) is 1. The van der Waals surface area contributed by atoms with Crippen molar-refractivity contribution in [3.63, 3.8) is 0 Å². The highest BCUT2D eigenvalue weighted by molar-refractivity contribution is 5.80. The molecule has 0 aromatic carbocycles. The summed E-state index contributed by atoms with van der Waals surface area (Å²) in [5, 5.41) is 11.3. The van der Waals surface area contributed by atoms with Gasteiger partial charge in [-0.1, -0.05) is 0 Å². The molecule has 2 atom stereocenters. The largest absolute Gasteiger partial charge is 0.394 e. The highest BCUT2D eigenvalue weighted by Crippen LogP contribution is 2.18.